The fourth-order valence-corrected chi connectivity index (χ4v) is 2.97. The number of nitrogens with zero attached hydrogens (tertiary/aromatic N) is 2. The molecule has 24 heavy (non-hydrogen) atoms. The molecule has 134 valence electrons. The first kappa shape index (κ1) is 21.0. The normalized spacial score (nSPS) is 17.0. The van der Waals surface area contributed by atoms with Gasteiger partial charge < -0.3 is 15.5 Å². The van der Waals surface area contributed by atoms with Crippen molar-refractivity contribution < 1.29 is 9.59 Å². The van der Waals surface area contributed by atoms with Crippen molar-refractivity contribution in [2.24, 2.45) is 11.7 Å². The monoisotopic (exact) mass is 393 g/mol. The molecule has 0 saturated carbocycles. The molecular weight excluding hydrogens is 373 g/mol. The molecule has 2 atom stereocenters. The van der Waals surface area contributed by atoms with Gasteiger partial charge >= 0.3 is 0 Å². The minimum Gasteiger partial charge on any atom is -0.339 e. The van der Waals surface area contributed by atoms with E-state index in [-0.39, 0.29) is 36.2 Å². The molecule has 1 aliphatic rings. The van der Waals surface area contributed by atoms with E-state index in [4.69, 9.17) is 28.9 Å². The number of amides is 2. The average molecular weight is 395 g/mol. The number of nitrogens with two attached hydrogens (primary N) is 1. The summed E-state index contributed by atoms with van der Waals surface area (Å²) >= 11 is 11.9. The van der Waals surface area contributed by atoms with Crippen LogP contribution in [0.4, 0.5) is 0 Å². The maximum absolute atomic E-state index is 12.5. The number of piperazine rings is 1. The molecule has 2 amide bonds. The zero-order chi connectivity index (χ0) is 17.1. The highest BCUT2D eigenvalue weighted by Gasteiger charge is 2.29. The van der Waals surface area contributed by atoms with E-state index in [0.29, 0.717) is 41.8 Å². The first-order valence-electron chi connectivity index (χ1n) is 7.60. The molecule has 0 aromatic heterocycles. The van der Waals surface area contributed by atoms with Crippen LogP contribution in [0.5, 0.6) is 0 Å². The van der Waals surface area contributed by atoms with Gasteiger partial charge in [-0.05, 0) is 25.1 Å². The zero-order valence-corrected chi connectivity index (χ0v) is 16.0. The molecule has 2 N–H and O–H groups in total. The van der Waals surface area contributed by atoms with Crippen LogP contribution in [-0.2, 0) is 4.79 Å². The van der Waals surface area contributed by atoms with Crippen molar-refractivity contribution in [1.82, 2.24) is 9.80 Å². The van der Waals surface area contributed by atoms with Crippen LogP contribution in [0, 0.1) is 5.92 Å². The molecule has 1 saturated heterocycles. The lowest BCUT2D eigenvalue weighted by Crippen LogP contribution is -2.53. The predicted molar refractivity (Wildman–Crippen MR) is 99.0 cm³/mol. The summed E-state index contributed by atoms with van der Waals surface area (Å²) in [4.78, 5) is 28.3. The molecule has 5 nitrogen and oxygen atoms in total. The summed E-state index contributed by atoms with van der Waals surface area (Å²) in [5.74, 6) is -0.321. The van der Waals surface area contributed by atoms with Crippen molar-refractivity contribution in [2.45, 2.75) is 19.9 Å². The Hall–Kier alpha value is -1.01. The number of rotatable bonds is 3. The van der Waals surface area contributed by atoms with Crippen molar-refractivity contribution in [3.63, 3.8) is 0 Å². The van der Waals surface area contributed by atoms with Gasteiger partial charge in [0.15, 0.2) is 0 Å². The maximum atomic E-state index is 12.5. The van der Waals surface area contributed by atoms with Crippen LogP contribution in [0.3, 0.4) is 0 Å². The molecular formula is C16H22Cl3N3O2. The number of halogens is 3. The molecule has 0 spiro atoms. The lowest BCUT2D eigenvalue weighted by Gasteiger charge is -2.36. The number of carbonyl (C=O) groups excluding carboxylic acids is 2. The largest absolute Gasteiger partial charge is 0.339 e. The molecule has 0 aliphatic carbocycles. The van der Waals surface area contributed by atoms with Crippen molar-refractivity contribution in [3.05, 3.63) is 33.8 Å². The lowest BCUT2D eigenvalue weighted by molar-refractivity contribution is -0.137. The number of benzene rings is 1. The van der Waals surface area contributed by atoms with E-state index in [2.05, 4.69) is 0 Å². The molecule has 1 aromatic rings. The molecule has 0 bridgehead atoms. The van der Waals surface area contributed by atoms with Gasteiger partial charge in [0, 0.05) is 37.2 Å². The van der Waals surface area contributed by atoms with Crippen LogP contribution in [0.2, 0.25) is 10.0 Å². The van der Waals surface area contributed by atoms with Crippen LogP contribution in [-0.4, -0.2) is 53.8 Å². The standard InChI is InChI=1S/C16H21Cl2N3O2.ClH/c1-10(11(2)19)15(22)20-5-7-21(8-6-20)16(23)13-4-3-12(17)9-14(13)18;/h3-4,9-11H,5-8,19H2,1-2H3;1H. The van der Waals surface area contributed by atoms with E-state index in [1.807, 2.05) is 13.8 Å². The predicted octanol–water partition coefficient (Wildman–Crippen LogP) is 2.68. The average Bonchev–Trinajstić information content (AvgIpc) is 2.53. The van der Waals surface area contributed by atoms with E-state index in [0.717, 1.165) is 0 Å². The number of carbonyl (C=O) groups is 2. The summed E-state index contributed by atoms with van der Waals surface area (Å²) in [5, 5.41) is 0.832. The Balaban J connectivity index is 0.00000288. The van der Waals surface area contributed by atoms with Gasteiger partial charge in [-0.1, -0.05) is 30.1 Å². The summed E-state index contributed by atoms with van der Waals surface area (Å²) in [6, 6.07) is 4.64. The van der Waals surface area contributed by atoms with Crippen LogP contribution in [0.1, 0.15) is 24.2 Å². The smallest absolute Gasteiger partial charge is 0.255 e. The van der Waals surface area contributed by atoms with Gasteiger partial charge in [-0.25, -0.2) is 0 Å². The Bertz CT molecular complexity index is 602. The highest BCUT2D eigenvalue weighted by molar-refractivity contribution is 6.36. The molecule has 1 heterocycles. The first-order valence-corrected chi connectivity index (χ1v) is 8.35. The first-order chi connectivity index (χ1) is 10.8. The summed E-state index contributed by atoms with van der Waals surface area (Å²) in [7, 11) is 0. The van der Waals surface area contributed by atoms with E-state index in [1.54, 1.807) is 28.0 Å². The fourth-order valence-electron chi connectivity index (χ4n) is 2.48. The molecule has 2 rings (SSSR count). The van der Waals surface area contributed by atoms with Gasteiger partial charge in [-0.2, -0.15) is 0 Å². The Morgan fingerprint density at radius 2 is 1.62 bits per heavy atom. The minimum atomic E-state index is -0.219. The highest BCUT2D eigenvalue weighted by atomic mass is 35.5. The summed E-state index contributed by atoms with van der Waals surface area (Å²) in [6.07, 6.45) is 0. The molecule has 2 unspecified atom stereocenters. The number of hydrogen-bond donors (Lipinski definition) is 1. The van der Waals surface area contributed by atoms with Gasteiger partial charge in [0.25, 0.3) is 5.91 Å². The second-order valence-electron chi connectivity index (χ2n) is 5.89. The maximum Gasteiger partial charge on any atom is 0.255 e. The van der Waals surface area contributed by atoms with E-state index in [9.17, 15) is 9.59 Å². The van der Waals surface area contributed by atoms with Crippen molar-refractivity contribution in [3.8, 4) is 0 Å². The topological polar surface area (TPSA) is 66.6 Å². The van der Waals surface area contributed by atoms with Gasteiger partial charge in [0.2, 0.25) is 5.91 Å². The molecule has 1 aromatic carbocycles. The van der Waals surface area contributed by atoms with Crippen molar-refractivity contribution in [2.75, 3.05) is 26.2 Å². The Morgan fingerprint density at radius 1 is 1.08 bits per heavy atom. The van der Waals surface area contributed by atoms with Crippen LogP contribution >= 0.6 is 35.6 Å². The zero-order valence-electron chi connectivity index (χ0n) is 13.7. The van der Waals surface area contributed by atoms with E-state index in [1.165, 1.54) is 0 Å². The third-order valence-electron chi connectivity index (χ3n) is 4.22. The second-order valence-corrected chi connectivity index (χ2v) is 6.73. The van der Waals surface area contributed by atoms with Crippen molar-refractivity contribution >= 4 is 47.4 Å². The van der Waals surface area contributed by atoms with Gasteiger partial charge in [-0.15, -0.1) is 12.4 Å². The lowest BCUT2D eigenvalue weighted by atomic mass is 10.0. The molecule has 1 fully saturated rings. The van der Waals surface area contributed by atoms with Crippen LogP contribution in [0.25, 0.3) is 0 Å². The Morgan fingerprint density at radius 3 is 2.12 bits per heavy atom. The Labute approximate surface area is 158 Å². The van der Waals surface area contributed by atoms with Gasteiger partial charge in [0.05, 0.1) is 16.5 Å². The van der Waals surface area contributed by atoms with E-state index >= 15 is 0 Å². The van der Waals surface area contributed by atoms with Crippen molar-refractivity contribution in [1.29, 1.82) is 0 Å². The second kappa shape index (κ2) is 8.90. The number of hydrogen-bond acceptors (Lipinski definition) is 3. The quantitative estimate of drug-likeness (QED) is 0.857. The molecule has 1 aliphatic heterocycles. The molecule has 0 radical (unpaired) electrons. The van der Waals surface area contributed by atoms with Gasteiger partial charge in [0.1, 0.15) is 0 Å². The summed E-state index contributed by atoms with van der Waals surface area (Å²) in [5.41, 5.74) is 6.22. The summed E-state index contributed by atoms with van der Waals surface area (Å²) in [6.45, 7) is 5.63. The fraction of sp³-hybridized carbons (Fsp3) is 0.500. The molecule has 8 heteroatoms. The highest BCUT2D eigenvalue weighted by Crippen LogP contribution is 2.23. The SMILES string of the molecule is CC(N)C(C)C(=O)N1CCN(C(=O)c2ccc(Cl)cc2Cl)CC1.Cl. The third-order valence-corrected chi connectivity index (χ3v) is 4.77. The van der Waals surface area contributed by atoms with Crippen LogP contribution < -0.4 is 5.73 Å². The van der Waals surface area contributed by atoms with E-state index < -0.39 is 0 Å². The van der Waals surface area contributed by atoms with Gasteiger partial charge in [-0.3, -0.25) is 9.59 Å². The third kappa shape index (κ3) is 4.76. The minimum absolute atomic E-state index is 0. The Kier molecular flexibility index (Phi) is 7.80. The summed E-state index contributed by atoms with van der Waals surface area (Å²) < 4.78 is 0. The van der Waals surface area contributed by atoms with Crippen LogP contribution in [0.15, 0.2) is 18.2 Å².